The van der Waals surface area contributed by atoms with Crippen molar-refractivity contribution in [3.63, 3.8) is 0 Å². The Morgan fingerprint density at radius 3 is 2.94 bits per heavy atom. The fourth-order valence-corrected chi connectivity index (χ4v) is 2.62. The first-order valence-electron chi connectivity index (χ1n) is 5.81. The van der Waals surface area contributed by atoms with E-state index in [1.165, 1.54) is 0 Å². The molecule has 2 N–H and O–H groups in total. The topological polar surface area (TPSA) is 55.0 Å². The molecule has 94 valence electrons. The molecule has 1 aliphatic heterocycles. The molecule has 0 amide bonds. The summed E-state index contributed by atoms with van der Waals surface area (Å²) in [4.78, 5) is 2.19. The molecule has 1 aromatic heterocycles. The Kier molecular flexibility index (Phi) is 4.07. The Labute approximate surface area is 111 Å². The van der Waals surface area contributed by atoms with Gasteiger partial charge in [0, 0.05) is 25.2 Å². The van der Waals surface area contributed by atoms with Gasteiger partial charge in [-0.2, -0.15) is 0 Å². The molecule has 1 saturated heterocycles. The molecule has 17 heavy (non-hydrogen) atoms. The van der Waals surface area contributed by atoms with Gasteiger partial charge >= 0.3 is 0 Å². The lowest BCUT2D eigenvalue weighted by Gasteiger charge is -2.37. The van der Waals surface area contributed by atoms with Crippen molar-refractivity contribution in [2.75, 3.05) is 18.0 Å². The van der Waals surface area contributed by atoms with Crippen LogP contribution in [0.25, 0.3) is 0 Å². The molecule has 2 unspecified atom stereocenters. The normalized spacial score (nSPS) is 25.1. The Bertz CT molecular complexity index is 399. The smallest absolute Gasteiger partial charge is 0.175 e. The van der Waals surface area contributed by atoms with Crippen LogP contribution < -0.4 is 10.6 Å². The number of rotatable bonds is 2. The molecule has 0 spiro atoms. The van der Waals surface area contributed by atoms with E-state index in [9.17, 15) is 0 Å². The van der Waals surface area contributed by atoms with Crippen LogP contribution in [-0.2, 0) is 0 Å². The summed E-state index contributed by atoms with van der Waals surface area (Å²) in [6.07, 6.45) is 2.04. The summed E-state index contributed by atoms with van der Waals surface area (Å²) >= 11 is 11.9. The molecule has 2 rings (SSSR count). The molecule has 0 bridgehead atoms. The molecule has 1 aliphatic rings. The van der Waals surface area contributed by atoms with E-state index in [1.54, 1.807) is 6.07 Å². The predicted molar refractivity (Wildman–Crippen MR) is 70.6 cm³/mol. The van der Waals surface area contributed by atoms with Gasteiger partial charge in [-0.15, -0.1) is 10.2 Å². The lowest BCUT2D eigenvalue weighted by Crippen LogP contribution is -2.47. The summed E-state index contributed by atoms with van der Waals surface area (Å²) in [5.41, 5.74) is 6.94. The van der Waals surface area contributed by atoms with Gasteiger partial charge in [-0.3, -0.25) is 0 Å². The molecule has 6 heteroatoms. The zero-order valence-corrected chi connectivity index (χ0v) is 11.2. The number of hydrogen-bond donors (Lipinski definition) is 1. The molecular weight excluding hydrogens is 259 g/mol. The zero-order valence-electron chi connectivity index (χ0n) is 9.74. The maximum atomic E-state index is 6.08. The minimum absolute atomic E-state index is 0.278. The number of aromatic nitrogens is 2. The third-order valence-corrected chi connectivity index (χ3v) is 3.81. The van der Waals surface area contributed by atoms with Crippen molar-refractivity contribution >= 4 is 28.9 Å². The van der Waals surface area contributed by atoms with Crippen LogP contribution in [0.5, 0.6) is 0 Å². The lowest BCUT2D eigenvalue weighted by atomic mass is 9.90. The molecule has 1 aromatic rings. The molecule has 2 heterocycles. The Morgan fingerprint density at radius 2 is 2.24 bits per heavy atom. The molecule has 1 fully saturated rings. The van der Waals surface area contributed by atoms with E-state index >= 15 is 0 Å². The second kappa shape index (κ2) is 5.38. The first-order chi connectivity index (χ1) is 8.11. The van der Waals surface area contributed by atoms with E-state index in [-0.39, 0.29) is 6.04 Å². The number of hydrogen-bond acceptors (Lipinski definition) is 4. The maximum Gasteiger partial charge on any atom is 0.175 e. The van der Waals surface area contributed by atoms with E-state index in [2.05, 4.69) is 22.0 Å². The summed E-state index contributed by atoms with van der Waals surface area (Å²) in [5.74, 6) is 0.492. The number of halogens is 2. The van der Waals surface area contributed by atoms with E-state index in [0.717, 1.165) is 31.6 Å². The molecule has 0 aliphatic carbocycles. The van der Waals surface area contributed by atoms with Crippen LogP contribution in [-0.4, -0.2) is 29.3 Å². The highest BCUT2D eigenvalue weighted by Gasteiger charge is 2.26. The standard InChI is InChI=1S/C11H16Cl2N4/c1-2-7-6-17(4-3-8(7)14)9-5-10(12)15-16-11(9)13/h5,7-8H,2-4,6,14H2,1H3. The fraction of sp³-hybridized carbons (Fsp3) is 0.636. The van der Waals surface area contributed by atoms with Gasteiger partial charge in [-0.25, -0.2) is 0 Å². The van der Waals surface area contributed by atoms with Gasteiger partial charge in [0.1, 0.15) is 0 Å². The first kappa shape index (κ1) is 12.9. The Hall–Kier alpha value is -0.580. The van der Waals surface area contributed by atoms with Crippen molar-refractivity contribution < 1.29 is 0 Å². The Morgan fingerprint density at radius 1 is 1.47 bits per heavy atom. The summed E-state index contributed by atoms with van der Waals surface area (Å²) in [6, 6.07) is 2.04. The van der Waals surface area contributed by atoms with E-state index in [0.29, 0.717) is 16.2 Å². The van der Waals surface area contributed by atoms with Crippen LogP contribution in [0.4, 0.5) is 5.69 Å². The summed E-state index contributed by atoms with van der Waals surface area (Å²) in [6.45, 7) is 3.95. The van der Waals surface area contributed by atoms with Gasteiger partial charge < -0.3 is 10.6 Å². The highest BCUT2D eigenvalue weighted by Crippen LogP contribution is 2.29. The minimum atomic E-state index is 0.278. The maximum absolute atomic E-state index is 6.08. The third-order valence-electron chi connectivity index (χ3n) is 3.36. The molecule has 4 nitrogen and oxygen atoms in total. The lowest BCUT2D eigenvalue weighted by molar-refractivity contribution is 0.348. The van der Waals surface area contributed by atoms with Crippen molar-refractivity contribution in [2.45, 2.75) is 25.8 Å². The van der Waals surface area contributed by atoms with Crippen molar-refractivity contribution in [3.8, 4) is 0 Å². The average Bonchev–Trinajstić information content (AvgIpc) is 2.33. The monoisotopic (exact) mass is 274 g/mol. The minimum Gasteiger partial charge on any atom is -0.369 e. The number of piperidine rings is 1. The predicted octanol–water partition coefficient (Wildman–Crippen LogP) is 2.35. The largest absolute Gasteiger partial charge is 0.369 e. The summed E-state index contributed by atoms with van der Waals surface area (Å²) in [5, 5.41) is 8.33. The van der Waals surface area contributed by atoms with E-state index in [1.807, 2.05) is 0 Å². The van der Waals surface area contributed by atoms with Crippen molar-refractivity contribution in [1.82, 2.24) is 10.2 Å². The van der Waals surface area contributed by atoms with E-state index < -0.39 is 0 Å². The van der Waals surface area contributed by atoms with Gasteiger partial charge in [0.2, 0.25) is 0 Å². The van der Waals surface area contributed by atoms with E-state index in [4.69, 9.17) is 28.9 Å². The molecule has 0 aromatic carbocycles. The highest BCUT2D eigenvalue weighted by atomic mass is 35.5. The number of nitrogens with zero attached hydrogens (tertiary/aromatic N) is 3. The van der Waals surface area contributed by atoms with Crippen molar-refractivity contribution in [3.05, 3.63) is 16.4 Å². The second-order valence-electron chi connectivity index (χ2n) is 4.41. The van der Waals surface area contributed by atoms with Gasteiger partial charge in [0.05, 0.1) is 5.69 Å². The summed E-state index contributed by atoms with van der Waals surface area (Å²) < 4.78 is 0. The molecular formula is C11H16Cl2N4. The van der Waals surface area contributed by atoms with Gasteiger partial charge in [0.25, 0.3) is 0 Å². The van der Waals surface area contributed by atoms with Crippen molar-refractivity contribution in [2.24, 2.45) is 11.7 Å². The van der Waals surface area contributed by atoms with Crippen LogP contribution in [0.15, 0.2) is 6.07 Å². The quantitative estimate of drug-likeness (QED) is 0.900. The summed E-state index contributed by atoms with van der Waals surface area (Å²) in [7, 11) is 0. The third kappa shape index (κ3) is 2.81. The SMILES string of the molecule is CCC1CN(c2cc(Cl)nnc2Cl)CCC1N. The Balaban J connectivity index is 2.20. The number of nitrogens with two attached hydrogens (primary N) is 1. The van der Waals surface area contributed by atoms with Crippen LogP contribution >= 0.6 is 23.2 Å². The van der Waals surface area contributed by atoms with Gasteiger partial charge in [0.15, 0.2) is 10.3 Å². The molecule has 0 saturated carbocycles. The van der Waals surface area contributed by atoms with Crippen LogP contribution in [0.1, 0.15) is 19.8 Å². The van der Waals surface area contributed by atoms with Crippen LogP contribution in [0, 0.1) is 5.92 Å². The highest BCUT2D eigenvalue weighted by molar-refractivity contribution is 6.33. The van der Waals surface area contributed by atoms with Crippen LogP contribution in [0.2, 0.25) is 10.3 Å². The van der Waals surface area contributed by atoms with Crippen molar-refractivity contribution in [1.29, 1.82) is 0 Å². The van der Waals surface area contributed by atoms with Gasteiger partial charge in [-0.1, -0.05) is 36.5 Å². The number of anilines is 1. The molecule has 0 radical (unpaired) electrons. The first-order valence-corrected chi connectivity index (χ1v) is 6.56. The zero-order chi connectivity index (χ0) is 12.4. The molecule has 2 atom stereocenters. The second-order valence-corrected chi connectivity index (χ2v) is 5.16. The van der Waals surface area contributed by atoms with Crippen LogP contribution in [0.3, 0.4) is 0 Å². The average molecular weight is 275 g/mol. The van der Waals surface area contributed by atoms with Gasteiger partial charge in [-0.05, 0) is 12.3 Å². The fourth-order valence-electron chi connectivity index (χ4n) is 2.27.